The molecule has 0 aliphatic carbocycles. The van der Waals surface area contributed by atoms with Gasteiger partial charge < -0.3 is 0 Å². The maximum Gasteiger partial charge on any atom is 0.103 e. The van der Waals surface area contributed by atoms with Crippen LogP contribution in [0.2, 0.25) is 0 Å². The van der Waals surface area contributed by atoms with Crippen molar-refractivity contribution in [3.8, 4) is 0 Å². The quantitative estimate of drug-likeness (QED) is 0.687. The molecule has 16 heavy (non-hydrogen) atoms. The fourth-order valence-electron chi connectivity index (χ4n) is 2.00. The topological polar surface area (TPSA) is 26.5 Å². The van der Waals surface area contributed by atoms with Crippen molar-refractivity contribution < 1.29 is 0 Å². The highest BCUT2D eigenvalue weighted by atomic mass is 15.3. The monoisotopic (exact) mass is 207 g/mol. The number of hydrogen-bond donors (Lipinski definition) is 0. The molecular formula is C14H11N2. The molecule has 0 spiro atoms. The van der Waals surface area contributed by atoms with Crippen LogP contribution >= 0.6 is 0 Å². The summed E-state index contributed by atoms with van der Waals surface area (Å²) in [6, 6.07) is 16.3. The molecule has 0 amide bonds. The maximum atomic E-state index is 4.28. The van der Waals surface area contributed by atoms with E-state index in [-0.39, 0.29) is 0 Å². The summed E-state index contributed by atoms with van der Waals surface area (Å²) in [5.74, 6) is 0. The Balaban J connectivity index is 2.16. The van der Waals surface area contributed by atoms with Crippen LogP contribution in [0, 0.1) is 6.92 Å². The lowest BCUT2D eigenvalue weighted by Gasteiger charge is -2.04. The van der Waals surface area contributed by atoms with Crippen molar-refractivity contribution in [2.45, 2.75) is 6.92 Å². The highest BCUT2D eigenvalue weighted by molar-refractivity contribution is 6.17. The smallest absolute Gasteiger partial charge is 0.103 e. The molecule has 3 rings (SSSR count). The standard InChI is InChI=1S/C14H11N2/c1-10-6-5-9-12-13(10)14(16-15-12)11-7-3-2-4-8-11/h2-9H,1H3. The van der Waals surface area contributed by atoms with Gasteiger partial charge in [0.2, 0.25) is 0 Å². The van der Waals surface area contributed by atoms with Gasteiger partial charge in [0.05, 0.1) is 5.69 Å². The predicted molar refractivity (Wildman–Crippen MR) is 65.1 cm³/mol. The Morgan fingerprint density at radius 1 is 0.875 bits per heavy atom. The van der Waals surface area contributed by atoms with Crippen molar-refractivity contribution in [1.29, 1.82) is 0 Å². The molecule has 77 valence electrons. The van der Waals surface area contributed by atoms with E-state index in [0.717, 1.165) is 22.5 Å². The Labute approximate surface area is 94.6 Å². The molecule has 2 nitrogen and oxygen atoms in total. The Bertz CT molecular complexity index is 556. The first-order valence-electron chi connectivity index (χ1n) is 5.30. The Kier molecular flexibility index (Phi) is 2.00. The zero-order chi connectivity index (χ0) is 11.0. The lowest BCUT2D eigenvalue weighted by atomic mass is 9.98. The molecule has 0 bridgehead atoms. The zero-order valence-corrected chi connectivity index (χ0v) is 9.01. The lowest BCUT2D eigenvalue weighted by Crippen LogP contribution is -2.01. The molecule has 2 aromatic rings. The summed E-state index contributed by atoms with van der Waals surface area (Å²) in [5.41, 5.74) is 9.67. The van der Waals surface area contributed by atoms with Gasteiger partial charge in [0.1, 0.15) is 5.71 Å². The predicted octanol–water partition coefficient (Wildman–Crippen LogP) is 3.00. The highest BCUT2D eigenvalue weighted by Crippen LogP contribution is 2.28. The van der Waals surface area contributed by atoms with Crippen LogP contribution in [-0.2, 0) is 0 Å². The van der Waals surface area contributed by atoms with Crippen LogP contribution in [0.25, 0.3) is 0 Å². The average Bonchev–Trinajstić information content (AvgIpc) is 2.75. The van der Waals surface area contributed by atoms with Crippen LogP contribution in [0.1, 0.15) is 16.7 Å². The van der Waals surface area contributed by atoms with Gasteiger partial charge in [-0.05, 0) is 18.6 Å². The molecule has 1 aliphatic rings. The van der Waals surface area contributed by atoms with Crippen molar-refractivity contribution in [2.75, 3.05) is 0 Å². The van der Waals surface area contributed by atoms with Gasteiger partial charge in [-0.3, -0.25) is 0 Å². The fraction of sp³-hybridized carbons (Fsp3) is 0.0714. The van der Waals surface area contributed by atoms with E-state index in [4.69, 9.17) is 0 Å². The summed E-state index contributed by atoms with van der Waals surface area (Å²) < 4.78 is 0. The van der Waals surface area contributed by atoms with Crippen LogP contribution in [0.5, 0.6) is 0 Å². The minimum absolute atomic E-state index is 0.971. The average molecular weight is 207 g/mol. The number of fused-ring (bicyclic) bond motifs is 1. The van der Waals surface area contributed by atoms with E-state index < -0.39 is 0 Å². The van der Waals surface area contributed by atoms with Crippen molar-refractivity contribution in [1.82, 2.24) is 5.43 Å². The molecule has 2 aromatic carbocycles. The largest absolute Gasteiger partial charge is 0.150 e. The fourth-order valence-corrected chi connectivity index (χ4v) is 2.00. The van der Waals surface area contributed by atoms with E-state index in [2.05, 4.69) is 35.7 Å². The van der Waals surface area contributed by atoms with Gasteiger partial charge in [0.15, 0.2) is 0 Å². The van der Waals surface area contributed by atoms with Crippen LogP contribution in [0.3, 0.4) is 0 Å². The Morgan fingerprint density at radius 3 is 2.50 bits per heavy atom. The normalized spacial score (nSPS) is 12.9. The maximum absolute atomic E-state index is 4.28. The minimum Gasteiger partial charge on any atom is -0.150 e. The molecule has 1 aliphatic heterocycles. The third-order valence-electron chi connectivity index (χ3n) is 2.79. The molecule has 0 fully saturated rings. The molecule has 0 saturated carbocycles. The second-order valence-corrected chi connectivity index (χ2v) is 3.88. The van der Waals surface area contributed by atoms with E-state index in [9.17, 15) is 0 Å². The molecule has 1 radical (unpaired) electrons. The summed E-state index contributed by atoms with van der Waals surface area (Å²) in [6.45, 7) is 2.10. The van der Waals surface area contributed by atoms with E-state index >= 15 is 0 Å². The lowest BCUT2D eigenvalue weighted by molar-refractivity contribution is 0.987. The number of nitrogens with zero attached hydrogens (tertiary/aromatic N) is 2. The second-order valence-electron chi connectivity index (χ2n) is 3.88. The molecule has 0 unspecified atom stereocenters. The molecule has 0 aromatic heterocycles. The van der Waals surface area contributed by atoms with Gasteiger partial charge in [-0.25, -0.2) is 0 Å². The van der Waals surface area contributed by atoms with Gasteiger partial charge in [-0.1, -0.05) is 42.5 Å². The van der Waals surface area contributed by atoms with Crippen molar-refractivity contribution in [3.63, 3.8) is 0 Å². The summed E-state index contributed by atoms with van der Waals surface area (Å²) in [7, 11) is 0. The van der Waals surface area contributed by atoms with Gasteiger partial charge in [0, 0.05) is 11.1 Å². The summed E-state index contributed by atoms with van der Waals surface area (Å²) in [5, 5.41) is 4.28. The molecule has 0 N–H and O–H groups in total. The van der Waals surface area contributed by atoms with E-state index in [1.54, 1.807) is 0 Å². The molecule has 1 heterocycles. The van der Waals surface area contributed by atoms with Crippen LogP contribution < -0.4 is 5.43 Å². The first-order valence-corrected chi connectivity index (χ1v) is 5.30. The third-order valence-corrected chi connectivity index (χ3v) is 2.79. The number of benzene rings is 2. The Morgan fingerprint density at radius 2 is 1.69 bits per heavy atom. The van der Waals surface area contributed by atoms with Gasteiger partial charge in [-0.15, -0.1) is 10.5 Å². The summed E-state index contributed by atoms with van der Waals surface area (Å²) in [4.78, 5) is 0. The zero-order valence-electron chi connectivity index (χ0n) is 9.01. The van der Waals surface area contributed by atoms with Crippen molar-refractivity contribution >= 4 is 11.4 Å². The van der Waals surface area contributed by atoms with Crippen LogP contribution in [-0.4, -0.2) is 5.71 Å². The number of rotatable bonds is 1. The number of hydrogen-bond acceptors (Lipinski definition) is 1. The minimum atomic E-state index is 0.971. The SMILES string of the molecule is Cc1cccc2c1C(c1ccccc1)=N[N]2. The number of aryl methyl sites for hydroxylation is 1. The highest BCUT2D eigenvalue weighted by Gasteiger charge is 2.20. The van der Waals surface area contributed by atoms with Crippen molar-refractivity contribution in [3.05, 3.63) is 65.2 Å². The van der Waals surface area contributed by atoms with Gasteiger partial charge in [0.25, 0.3) is 0 Å². The van der Waals surface area contributed by atoms with E-state index in [1.165, 1.54) is 5.56 Å². The van der Waals surface area contributed by atoms with E-state index in [1.807, 2.05) is 30.3 Å². The van der Waals surface area contributed by atoms with E-state index in [0.29, 0.717) is 0 Å². The third kappa shape index (κ3) is 1.31. The molecule has 2 heteroatoms. The summed E-state index contributed by atoms with van der Waals surface area (Å²) >= 11 is 0. The molecule has 0 atom stereocenters. The molecular weight excluding hydrogens is 196 g/mol. The molecule has 0 saturated heterocycles. The van der Waals surface area contributed by atoms with Crippen LogP contribution in [0.4, 0.5) is 5.69 Å². The summed E-state index contributed by atoms with van der Waals surface area (Å²) in [6.07, 6.45) is 0. The van der Waals surface area contributed by atoms with Crippen LogP contribution in [0.15, 0.2) is 53.6 Å². The first kappa shape index (κ1) is 9.16. The van der Waals surface area contributed by atoms with Gasteiger partial charge in [-0.2, -0.15) is 0 Å². The second kappa shape index (κ2) is 3.49. The van der Waals surface area contributed by atoms with Gasteiger partial charge >= 0.3 is 0 Å². The Hall–Kier alpha value is -2.09. The van der Waals surface area contributed by atoms with Crippen molar-refractivity contribution in [2.24, 2.45) is 5.10 Å². The first-order chi connectivity index (χ1) is 7.86.